The molecule has 1 atom stereocenters. The molecular weight excluding hydrogens is 276 g/mol. The van der Waals surface area contributed by atoms with Crippen molar-refractivity contribution >= 4 is 5.97 Å². The standard InChI is InChI=1S/C13H16N4O4/c1-8(13(18)19)7-17-12(14-15-16-17)11-9(20-2)5-4-6-10(11)21-3/h4-6,8H,7H2,1-3H3,(H,18,19). The predicted octanol–water partition coefficient (Wildman–Crippen LogP) is 1.08. The third-order valence-corrected chi connectivity index (χ3v) is 3.05. The van der Waals surface area contributed by atoms with Gasteiger partial charge in [0.05, 0.1) is 26.7 Å². The maximum atomic E-state index is 11.0. The van der Waals surface area contributed by atoms with Gasteiger partial charge in [-0.15, -0.1) is 5.10 Å². The van der Waals surface area contributed by atoms with Gasteiger partial charge in [-0.25, -0.2) is 4.68 Å². The lowest BCUT2D eigenvalue weighted by atomic mass is 10.1. The number of tetrazole rings is 1. The van der Waals surface area contributed by atoms with Crippen LogP contribution in [-0.4, -0.2) is 45.5 Å². The maximum absolute atomic E-state index is 11.0. The number of ether oxygens (including phenoxy) is 2. The van der Waals surface area contributed by atoms with E-state index in [-0.39, 0.29) is 6.54 Å². The number of aromatic nitrogens is 4. The van der Waals surface area contributed by atoms with Crippen molar-refractivity contribution < 1.29 is 19.4 Å². The van der Waals surface area contributed by atoms with Crippen molar-refractivity contribution in [2.24, 2.45) is 5.92 Å². The zero-order chi connectivity index (χ0) is 15.4. The molecule has 0 saturated heterocycles. The molecule has 0 radical (unpaired) electrons. The number of benzene rings is 1. The first kappa shape index (κ1) is 14.8. The Labute approximate surface area is 121 Å². The molecule has 21 heavy (non-hydrogen) atoms. The quantitative estimate of drug-likeness (QED) is 0.850. The summed E-state index contributed by atoms with van der Waals surface area (Å²) in [5.74, 6) is -0.0319. The molecule has 8 heteroatoms. The first-order valence-electron chi connectivity index (χ1n) is 6.28. The molecule has 0 aliphatic heterocycles. The smallest absolute Gasteiger partial charge is 0.308 e. The van der Waals surface area contributed by atoms with Gasteiger partial charge in [0.15, 0.2) is 5.82 Å². The molecule has 1 unspecified atom stereocenters. The second-order valence-corrected chi connectivity index (χ2v) is 4.46. The van der Waals surface area contributed by atoms with Crippen molar-refractivity contribution in [1.29, 1.82) is 0 Å². The third kappa shape index (κ3) is 2.93. The van der Waals surface area contributed by atoms with Gasteiger partial charge in [-0.2, -0.15) is 0 Å². The van der Waals surface area contributed by atoms with Gasteiger partial charge in [-0.1, -0.05) is 13.0 Å². The molecule has 0 amide bonds. The van der Waals surface area contributed by atoms with E-state index < -0.39 is 11.9 Å². The van der Waals surface area contributed by atoms with E-state index in [2.05, 4.69) is 15.5 Å². The van der Waals surface area contributed by atoms with Gasteiger partial charge in [0.2, 0.25) is 0 Å². The highest BCUT2D eigenvalue weighted by atomic mass is 16.5. The number of carboxylic acid groups (broad SMARTS) is 1. The number of nitrogens with zero attached hydrogens (tertiary/aromatic N) is 4. The van der Waals surface area contributed by atoms with E-state index in [0.29, 0.717) is 22.9 Å². The van der Waals surface area contributed by atoms with Crippen molar-refractivity contribution in [1.82, 2.24) is 20.2 Å². The van der Waals surface area contributed by atoms with Crippen LogP contribution >= 0.6 is 0 Å². The highest BCUT2D eigenvalue weighted by Gasteiger charge is 2.21. The predicted molar refractivity (Wildman–Crippen MR) is 73.2 cm³/mol. The zero-order valence-electron chi connectivity index (χ0n) is 12.0. The summed E-state index contributed by atoms with van der Waals surface area (Å²) in [7, 11) is 3.07. The Hall–Kier alpha value is -2.64. The first-order valence-corrected chi connectivity index (χ1v) is 6.28. The highest BCUT2D eigenvalue weighted by molar-refractivity contribution is 5.72. The second-order valence-electron chi connectivity index (χ2n) is 4.46. The van der Waals surface area contributed by atoms with E-state index in [1.165, 1.54) is 18.9 Å². The minimum absolute atomic E-state index is 0.152. The van der Waals surface area contributed by atoms with Crippen LogP contribution in [0.25, 0.3) is 11.4 Å². The molecule has 1 aromatic heterocycles. The number of carboxylic acids is 1. The molecule has 1 aromatic carbocycles. The monoisotopic (exact) mass is 292 g/mol. The van der Waals surface area contributed by atoms with Crippen molar-refractivity contribution in [2.75, 3.05) is 14.2 Å². The van der Waals surface area contributed by atoms with Gasteiger partial charge in [0.1, 0.15) is 17.1 Å². The highest BCUT2D eigenvalue weighted by Crippen LogP contribution is 2.36. The van der Waals surface area contributed by atoms with E-state index in [4.69, 9.17) is 14.6 Å². The van der Waals surface area contributed by atoms with Gasteiger partial charge in [0, 0.05) is 0 Å². The zero-order valence-corrected chi connectivity index (χ0v) is 12.0. The fourth-order valence-corrected chi connectivity index (χ4v) is 1.92. The number of rotatable bonds is 6. The van der Waals surface area contributed by atoms with E-state index in [0.717, 1.165) is 0 Å². The molecule has 0 saturated carbocycles. The summed E-state index contributed by atoms with van der Waals surface area (Å²) in [6.45, 7) is 1.74. The average Bonchev–Trinajstić information content (AvgIpc) is 2.93. The molecule has 8 nitrogen and oxygen atoms in total. The summed E-state index contributed by atoms with van der Waals surface area (Å²) >= 11 is 0. The fraction of sp³-hybridized carbons (Fsp3) is 0.385. The Morgan fingerprint density at radius 2 is 1.95 bits per heavy atom. The van der Waals surface area contributed by atoms with Crippen LogP contribution in [0.2, 0.25) is 0 Å². The van der Waals surface area contributed by atoms with Crippen molar-refractivity contribution in [2.45, 2.75) is 13.5 Å². The summed E-state index contributed by atoms with van der Waals surface area (Å²) in [4.78, 5) is 11.0. The largest absolute Gasteiger partial charge is 0.496 e. The van der Waals surface area contributed by atoms with E-state index in [1.54, 1.807) is 25.1 Å². The van der Waals surface area contributed by atoms with Crippen LogP contribution in [-0.2, 0) is 11.3 Å². The second kappa shape index (κ2) is 6.21. The Morgan fingerprint density at radius 1 is 1.33 bits per heavy atom. The molecule has 0 bridgehead atoms. The van der Waals surface area contributed by atoms with E-state index in [1.807, 2.05) is 0 Å². The summed E-state index contributed by atoms with van der Waals surface area (Å²) in [6.07, 6.45) is 0. The Kier molecular flexibility index (Phi) is 4.36. The van der Waals surface area contributed by atoms with Gasteiger partial charge >= 0.3 is 5.97 Å². The molecule has 0 fully saturated rings. The SMILES string of the molecule is COc1cccc(OC)c1-c1nnnn1CC(C)C(=O)O. The van der Waals surface area contributed by atoms with E-state index >= 15 is 0 Å². The van der Waals surface area contributed by atoms with Crippen LogP contribution in [0.1, 0.15) is 6.92 Å². The van der Waals surface area contributed by atoms with Crippen molar-refractivity contribution in [3.63, 3.8) is 0 Å². The fourth-order valence-electron chi connectivity index (χ4n) is 1.92. The van der Waals surface area contributed by atoms with Crippen LogP contribution in [0.15, 0.2) is 18.2 Å². The number of methoxy groups -OCH3 is 2. The Morgan fingerprint density at radius 3 is 2.48 bits per heavy atom. The lowest BCUT2D eigenvalue weighted by Crippen LogP contribution is -2.18. The number of hydrogen-bond acceptors (Lipinski definition) is 6. The molecular formula is C13H16N4O4. The van der Waals surface area contributed by atoms with Crippen LogP contribution in [0.5, 0.6) is 11.5 Å². The average molecular weight is 292 g/mol. The van der Waals surface area contributed by atoms with Gasteiger partial charge in [-0.05, 0) is 22.6 Å². The molecule has 112 valence electrons. The minimum Gasteiger partial charge on any atom is -0.496 e. The summed E-state index contributed by atoms with van der Waals surface area (Å²) in [5, 5.41) is 20.4. The maximum Gasteiger partial charge on any atom is 0.308 e. The van der Waals surface area contributed by atoms with Crippen LogP contribution in [0.4, 0.5) is 0 Å². The first-order chi connectivity index (χ1) is 10.1. The van der Waals surface area contributed by atoms with Gasteiger partial charge in [-0.3, -0.25) is 4.79 Å². The minimum atomic E-state index is -0.913. The Balaban J connectivity index is 2.48. The summed E-state index contributed by atoms with van der Waals surface area (Å²) in [6, 6.07) is 5.31. The lowest BCUT2D eigenvalue weighted by Gasteiger charge is -2.13. The molecule has 2 aromatic rings. The molecule has 0 aliphatic carbocycles. The van der Waals surface area contributed by atoms with Gasteiger partial charge < -0.3 is 14.6 Å². The van der Waals surface area contributed by atoms with E-state index in [9.17, 15) is 4.79 Å². The summed E-state index contributed by atoms with van der Waals surface area (Å²) < 4.78 is 12.1. The van der Waals surface area contributed by atoms with Crippen molar-refractivity contribution in [3.8, 4) is 22.9 Å². The van der Waals surface area contributed by atoms with Crippen LogP contribution < -0.4 is 9.47 Å². The van der Waals surface area contributed by atoms with Gasteiger partial charge in [0.25, 0.3) is 0 Å². The molecule has 1 heterocycles. The molecule has 2 rings (SSSR count). The summed E-state index contributed by atoms with van der Waals surface area (Å²) in [5.41, 5.74) is 0.588. The Bertz CT molecular complexity index is 619. The lowest BCUT2D eigenvalue weighted by molar-refractivity contribution is -0.141. The van der Waals surface area contributed by atoms with Crippen LogP contribution in [0, 0.1) is 5.92 Å². The molecule has 1 N–H and O–H groups in total. The molecule has 0 spiro atoms. The topological polar surface area (TPSA) is 99.4 Å². The van der Waals surface area contributed by atoms with Crippen molar-refractivity contribution in [3.05, 3.63) is 18.2 Å². The number of hydrogen-bond donors (Lipinski definition) is 1. The molecule has 0 aliphatic rings. The third-order valence-electron chi connectivity index (χ3n) is 3.05. The normalized spacial score (nSPS) is 12.0. The number of carbonyl (C=O) groups is 1. The van der Waals surface area contributed by atoms with Crippen LogP contribution in [0.3, 0.4) is 0 Å². The number of aliphatic carboxylic acids is 1.